The van der Waals surface area contributed by atoms with Gasteiger partial charge in [0.15, 0.2) is 0 Å². The number of nitrogens with two attached hydrogens (primary N) is 1. The van der Waals surface area contributed by atoms with Crippen LogP contribution in [0.4, 0.5) is 0 Å². The molecule has 20 heavy (non-hydrogen) atoms. The average Bonchev–Trinajstić information content (AvgIpc) is 2.62. The molecule has 1 aromatic rings. The van der Waals surface area contributed by atoms with Crippen LogP contribution in [0.3, 0.4) is 0 Å². The summed E-state index contributed by atoms with van der Waals surface area (Å²) in [6.07, 6.45) is 6.69. The van der Waals surface area contributed by atoms with Crippen molar-refractivity contribution >= 4 is 0 Å². The molecule has 1 aliphatic heterocycles. The summed E-state index contributed by atoms with van der Waals surface area (Å²) < 4.78 is 0. The van der Waals surface area contributed by atoms with Gasteiger partial charge in [0.05, 0.1) is 0 Å². The second-order valence-corrected chi connectivity index (χ2v) is 6.43. The van der Waals surface area contributed by atoms with Crippen LogP contribution in [0.2, 0.25) is 0 Å². The summed E-state index contributed by atoms with van der Waals surface area (Å²) in [6.45, 7) is 8.84. The van der Waals surface area contributed by atoms with Crippen molar-refractivity contribution in [1.29, 1.82) is 0 Å². The maximum Gasteiger partial charge on any atom is 0.0424 e. The van der Waals surface area contributed by atoms with Crippen molar-refractivity contribution < 1.29 is 0 Å². The number of benzene rings is 1. The van der Waals surface area contributed by atoms with E-state index in [-0.39, 0.29) is 6.04 Å². The molecule has 2 nitrogen and oxygen atoms in total. The summed E-state index contributed by atoms with van der Waals surface area (Å²) >= 11 is 0. The zero-order valence-electron chi connectivity index (χ0n) is 13.4. The molecule has 1 saturated heterocycles. The molecule has 2 unspecified atom stereocenters. The van der Waals surface area contributed by atoms with E-state index in [1.807, 2.05) is 0 Å². The van der Waals surface area contributed by atoms with Crippen molar-refractivity contribution in [3.8, 4) is 0 Å². The number of aryl methyl sites for hydroxylation is 2. The van der Waals surface area contributed by atoms with Gasteiger partial charge in [-0.1, -0.05) is 49.1 Å². The second-order valence-electron chi connectivity index (χ2n) is 6.43. The SMILES string of the molecule is CCC1CCCCCN1CC(N)c1cc(C)cc(C)c1. The van der Waals surface area contributed by atoms with Crippen LogP contribution in [-0.4, -0.2) is 24.0 Å². The summed E-state index contributed by atoms with van der Waals surface area (Å²) in [5, 5.41) is 0. The van der Waals surface area contributed by atoms with Gasteiger partial charge in [0, 0.05) is 18.6 Å². The molecule has 0 aliphatic carbocycles. The van der Waals surface area contributed by atoms with Gasteiger partial charge in [-0.3, -0.25) is 4.90 Å². The van der Waals surface area contributed by atoms with Gasteiger partial charge in [-0.2, -0.15) is 0 Å². The van der Waals surface area contributed by atoms with Gasteiger partial charge >= 0.3 is 0 Å². The Kier molecular flexibility index (Phi) is 5.62. The minimum absolute atomic E-state index is 0.140. The first-order valence-corrected chi connectivity index (χ1v) is 8.18. The van der Waals surface area contributed by atoms with E-state index >= 15 is 0 Å². The van der Waals surface area contributed by atoms with Crippen LogP contribution >= 0.6 is 0 Å². The summed E-state index contributed by atoms with van der Waals surface area (Å²) in [6, 6.07) is 7.58. The Bertz CT molecular complexity index is 407. The lowest BCUT2D eigenvalue weighted by Gasteiger charge is -2.31. The summed E-state index contributed by atoms with van der Waals surface area (Å²) in [4.78, 5) is 2.63. The van der Waals surface area contributed by atoms with Gasteiger partial charge in [0.1, 0.15) is 0 Å². The zero-order valence-corrected chi connectivity index (χ0v) is 13.4. The van der Waals surface area contributed by atoms with Gasteiger partial charge in [0.2, 0.25) is 0 Å². The maximum atomic E-state index is 6.49. The van der Waals surface area contributed by atoms with E-state index in [1.165, 1.54) is 55.3 Å². The third kappa shape index (κ3) is 4.07. The van der Waals surface area contributed by atoms with Crippen LogP contribution < -0.4 is 5.73 Å². The normalized spacial score (nSPS) is 22.5. The highest BCUT2D eigenvalue weighted by Gasteiger charge is 2.21. The fourth-order valence-electron chi connectivity index (χ4n) is 3.52. The topological polar surface area (TPSA) is 29.3 Å². The van der Waals surface area contributed by atoms with Crippen molar-refractivity contribution in [1.82, 2.24) is 4.90 Å². The lowest BCUT2D eigenvalue weighted by Crippen LogP contribution is -2.39. The van der Waals surface area contributed by atoms with Gasteiger partial charge in [-0.25, -0.2) is 0 Å². The quantitative estimate of drug-likeness (QED) is 0.900. The van der Waals surface area contributed by atoms with Crippen molar-refractivity contribution in [2.45, 2.75) is 65.0 Å². The Hall–Kier alpha value is -0.860. The molecule has 2 N–H and O–H groups in total. The zero-order chi connectivity index (χ0) is 14.5. The number of hydrogen-bond donors (Lipinski definition) is 1. The largest absolute Gasteiger partial charge is 0.323 e. The molecule has 1 aliphatic rings. The second kappa shape index (κ2) is 7.24. The van der Waals surface area contributed by atoms with E-state index in [2.05, 4.69) is 43.9 Å². The van der Waals surface area contributed by atoms with Crippen molar-refractivity contribution in [3.05, 3.63) is 34.9 Å². The van der Waals surface area contributed by atoms with Crippen LogP contribution in [-0.2, 0) is 0 Å². The Morgan fingerprint density at radius 2 is 1.85 bits per heavy atom. The number of rotatable bonds is 4. The van der Waals surface area contributed by atoms with Crippen LogP contribution in [0.15, 0.2) is 18.2 Å². The molecular weight excluding hydrogens is 244 g/mol. The molecule has 2 atom stereocenters. The van der Waals surface area contributed by atoms with E-state index in [9.17, 15) is 0 Å². The molecule has 0 amide bonds. The fourth-order valence-corrected chi connectivity index (χ4v) is 3.52. The molecule has 1 heterocycles. The lowest BCUT2D eigenvalue weighted by molar-refractivity contribution is 0.183. The summed E-state index contributed by atoms with van der Waals surface area (Å²) in [5.74, 6) is 0. The minimum Gasteiger partial charge on any atom is -0.323 e. The molecule has 1 fully saturated rings. The van der Waals surface area contributed by atoms with Crippen LogP contribution in [0, 0.1) is 13.8 Å². The highest BCUT2D eigenvalue weighted by molar-refractivity contribution is 5.30. The van der Waals surface area contributed by atoms with E-state index in [1.54, 1.807) is 0 Å². The predicted molar refractivity (Wildman–Crippen MR) is 87.0 cm³/mol. The van der Waals surface area contributed by atoms with Crippen LogP contribution in [0.5, 0.6) is 0 Å². The molecule has 0 saturated carbocycles. The lowest BCUT2D eigenvalue weighted by atomic mass is 10.0. The molecule has 2 heteroatoms. The first-order valence-electron chi connectivity index (χ1n) is 8.18. The first kappa shape index (κ1) is 15.5. The third-order valence-corrected chi connectivity index (χ3v) is 4.57. The molecule has 0 aromatic heterocycles. The standard InChI is InChI=1S/C18H30N2/c1-4-17-8-6-5-7-9-20(17)13-18(19)16-11-14(2)10-15(3)12-16/h10-12,17-18H,4-9,13,19H2,1-3H3. The van der Waals surface area contributed by atoms with Crippen molar-refractivity contribution in [3.63, 3.8) is 0 Å². The highest BCUT2D eigenvalue weighted by Crippen LogP contribution is 2.23. The molecule has 0 radical (unpaired) electrons. The molecule has 112 valence electrons. The molecule has 2 rings (SSSR count). The Balaban J connectivity index is 2.06. The molecule has 0 spiro atoms. The third-order valence-electron chi connectivity index (χ3n) is 4.57. The van der Waals surface area contributed by atoms with Gasteiger partial charge in [-0.15, -0.1) is 0 Å². The Labute approximate surface area is 124 Å². The highest BCUT2D eigenvalue weighted by atomic mass is 15.2. The van der Waals surface area contributed by atoms with Gasteiger partial charge < -0.3 is 5.73 Å². The molecular formula is C18H30N2. The number of nitrogens with zero attached hydrogens (tertiary/aromatic N) is 1. The van der Waals surface area contributed by atoms with E-state index in [0.29, 0.717) is 0 Å². The first-order chi connectivity index (χ1) is 9.60. The van der Waals surface area contributed by atoms with E-state index < -0.39 is 0 Å². The van der Waals surface area contributed by atoms with Gasteiger partial charge in [-0.05, 0) is 45.2 Å². The summed E-state index contributed by atoms with van der Waals surface area (Å²) in [7, 11) is 0. The monoisotopic (exact) mass is 274 g/mol. The summed E-state index contributed by atoms with van der Waals surface area (Å²) in [5.41, 5.74) is 10.4. The average molecular weight is 274 g/mol. The smallest absolute Gasteiger partial charge is 0.0424 e. The fraction of sp³-hybridized carbons (Fsp3) is 0.667. The Morgan fingerprint density at radius 3 is 2.50 bits per heavy atom. The van der Waals surface area contributed by atoms with Crippen LogP contribution in [0.1, 0.15) is 61.8 Å². The predicted octanol–water partition coefficient (Wildman–Crippen LogP) is 3.96. The van der Waals surface area contributed by atoms with Crippen molar-refractivity contribution in [2.75, 3.05) is 13.1 Å². The van der Waals surface area contributed by atoms with Crippen molar-refractivity contribution in [2.24, 2.45) is 5.73 Å². The van der Waals surface area contributed by atoms with Crippen LogP contribution in [0.25, 0.3) is 0 Å². The van der Waals surface area contributed by atoms with E-state index in [0.717, 1.165) is 12.6 Å². The molecule has 1 aromatic carbocycles. The maximum absolute atomic E-state index is 6.49. The van der Waals surface area contributed by atoms with E-state index in [4.69, 9.17) is 5.73 Å². The number of hydrogen-bond acceptors (Lipinski definition) is 2. The molecule has 0 bridgehead atoms. The Morgan fingerprint density at radius 1 is 1.15 bits per heavy atom. The minimum atomic E-state index is 0.140. The number of likely N-dealkylation sites (tertiary alicyclic amines) is 1. The van der Waals surface area contributed by atoms with Gasteiger partial charge in [0.25, 0.3) is 0 Å².